The zero-order chi connectivity index (χ0) is 36.2. The molecular formula is C34H36N2O12S2. The molecule has 0 bridgehead atoms. The van der Waals surface area contributed by atoms with Crippen molar-refractivity contribution >= 4 is 31.6 Å². The predicted molar refractivity (Wildman–Crippen MR) is 182 cm³/mol. The van der Waals surface area contributed by atoms with Crippen LogP contribution in [0.5, 0.6) is 23.0 Å². The van der Waals surface area contributed by atoms with Gasteiger partial charge in [-0.25, -0.2) is 0 Å². The van der Waals surface area contributed by atoms with Crippen LogP contribution in [0.1, 0.15) is 22.3 Å². The van der Waals surface area contributed by atoms with E-state index in [0.29, 0.717) is 28.5 Å². The highest BCUT2D eigenvalue weighted by molar-refractivity contribution is 7.87. The first-order valence-corrected chi connectivity index (χ1v) is 18.1. The van der Waals surface area contributed by atoms with Crippen LogP contribution in [0, 0.1) is 37.8 Å². The fourth-order valence-corrected chi connectivity index (χ4v) is 6.64. The molecular weight excluding hydrogens is 693 g/mol. The number of nitro benzene ring substituents is 1. The molecule has 6 rings (SSSR count). The van der Waals surface area contributed by atoms with Gasteiger partial charge in [0.15, 0.2) is 35.2 Å². The molecule has 4 aromatic carbocycles. The van der Waals surface area contributed by atoms with Gasteiger partial charge in [0.1, 0.15) is 26.4 Å². The lowest BCUT2D eigenvalue weighted by Crippen LogP contribution is -2.34. The van der Waals surface area contributed by atoms with Crippen LogP contribution in [0.3, 0.4) is 0 Å². The summed E-state index contributed by atoms with van der Waals surface area (Å²) in [5, 5.41) is 11.0. The van der Waals surface area contributed by atoms with Crippen LogP contribution >= 0.6 is 0 Å². The summed E-state index contributed by atoms with van der Waals surface area (Å²) in [6.45, 7) is 7.10. The first kappa shape index (κ1) is 36.4. The molecule has 0 radical (unpaired) electrons. The Morgan fingerprint density at radius 1 is 0.680 bits per heavy atom. The molecule has 0 fully saturated rings. The molecule has 0 unspecified atom stereocenters. The quantitative estimate of drug-likeness (QED) is 0.103. The molecule has 4 aromatic rings. The highest BCUT2D eigenvalue weighted by atomic mass is 32.2. The highest BCUT2D eigenvalue weighted by Crippen LogP contribution is 2.38. The lowest BCUT2D eigenvalue weighted by Gasteiger charge is -2.26. The SMILES string of the molecule is Cc1ccc(S(=O)(=O)OC[C@H]2COc3cc(C)c(N)cc3O2)cc1.Cc1ccc(S(=O)(=O)OC[C@H]2COc3cc(C)c([N+](=O)[O-])cc3O2)cc1. The molecule has 0 spiro atoms. The minimum Gasteiger partial charge on any atom is -0.486 e. The van der Waals surface area contributed by atoms with Crippen molar-refractivity contribution in [3.05, 3.63) is 105 Å². The summed E-state index contributed by atoms with van der Waals surface area (Å²) < 4.78 is 81.4. The highest BCUT2D eigenvalue weighted by Gasteiger charge is 2.28. The third-order valence-corrected chi connectivity index (χ3v) is 10.3. The Balaban J connectivity index is 0.000000195. The summed E-state index contributed by atoms with van der Waals surface area (Å²) in [5.74, 6) is 1.66. The number of nitrogens with zero attached hydrogens (tertiary/aromatic N) is 1. The fourth-order valence-electron chi connectivity index (χ4n) is 4.77. The van der Waals surface area contributed by atoms with E-state index in [0.717, 1.165) is 16.7 Å². The van der Waals surface area contributed by atoms with E-state index in [1.165, 1.54) is 36.4 Å². The molecule has 2 aliphatic heterocycles. The van der Waals surface area contributed by atoms with E-state index in [1.807, 2.05) is 20.8 Å². The summed E-state index contributed by atoms with van der Waals surface area (Å²) in [7, 11) is -7.75. The molecule has 2 N–H and O–H groups in total. The number of aryl methyl sites for hydroxylation is 4. The second-order valence-electron chi connectivity index (χ2n) is 11.7. The van der Waals surface area contributed by atoms with Crippen molar-refractivity contribution in [1.29, 1.82) is 0 Å². The molecule has 14 nitrogen and oxygen atoms in total. The average molecular weight is 729 g/mol. The second kappa shape index (κ2) is 14.9. The Kier molecular flexibility index (Phi) is 10.9. The number of rotatable bonds is 9. The van der Waals surface area contributed by atoms with Crippen LogP contribution in [-0.2, 0) is 28.6 Å². The summed E-state index contributed by atoms with van der Waals surface area (Å²) in [5.41, 5.74) is 9.61. The maximum Gasteiger partial charge on any atom is 0.297 e. The van der Waals surface area contributed by atoms with Crippen molar-refractivity contribution in [2.75, 3.05) is 32.2 Å². The molecule has 0 saturated heterocycles. The van der Waals surface area contributed by atoms with Crippen LogP contribution in [0.2, 0.25) is 0 Å². The lowest BCUT2D eigenvalue weighted by atomic mass is 10.1. The van der Waals surface area contributed by atoms with Gasteiger partial charge in [0.2, 0.25) is 0 Å². The number of nitrogen functional groups attached to an aromatic ring is 1. The minimum atomic E-state index is -3.93. The lowest BCUT2D eigenvalue weighted by molar-refractivity contribution is -0.385. The number of ether oxygens (including phenoxy) is 4. The Morgan fingerprint density at radius 3 is 1.54 bits per heavy atom. The number of hydrogen-bond acceptors (Lipinski definition) is 13. The molecule has 50 heavy (non-hydrogen) atoms. The summed E-state index contributed by atoms with van der Waals surface area (Å²) in [6, 6.07) is 19.0. The maximum absolute atomic E-state index is 12.2. The maximum atomic E-state index is 12.2. The van der Waals surface area contributed by atoms with Crippen LogP contribution in [0.15, 0.2) is 82.6 Å². The van der Waals surface area contributed by atoms with Crippen molar-refractivity contribution in [2.24, 2.45) is 0 Å². The van der Waals surface area contributed by atoms with E-state index in [1.54, 1.807) is 43.3 Å². The molecule has 16 heteroatoms. The Hall–Kier alpha value is -4.90. The average Bonchev–Trinajstić information content (AvgIpc) is 3.07. The standard InChI is InChI=1S/C17H17NO7S.C17H19NO5S/c1-11-3-5-14(6-4-11)26(21,22)24-10-13-9-23-16-7-12(2)15(18(19)20)8-17(16)25-13;1-11-3-5-14(6-4-11)24(19,20)22-10-13-9-21-16-7-12(2)15(18)8-17(16)23-13/h3-8,13H,9-10H2,1-2H3;3-8,13H,9-10,18H2,1-2H3/t2*13-/m11/s1. The predicted octanol–water partition coefficient (Wildman–Crippen LogP) is 5.19. The van der Waals surface area contributed by atoms with E-state index in [4.69, 9.17) is 33.0 Å². The first-order valence-electron chi connectivity index (χ1n) is 15.3. The van der Waals surface area contributed by atoms with Crippen molar-refractivity contribution in [2.45, 2.75) is 49.7 Å². The summed E-state index contributed by atoms with van der Waals surface area (Å²) >= 11 is 0. The van der Waals surface area contributed by atoms with Crippen molar-refractivity contribution in [3.63, 3.8) is 0 Å². The number of anilines is 1. The first-order chi connectivity index (χ1) is 23.6. The van der Waals surface area contributed by atoms with Gasteiger partial charge in [0.05, 0.1) is 20.8 Å². The van der Waals surface area contributed by atoms with E-state index < -0.39 is 37.4 Å². The molecule has 266 valence electrons. The van der Waals surface area contributed by atoms with Crippen LogP contribution in [0.4, 0.5) is 11.4 Å². The Labute approximate surface area is 290 Å². The number of nitro groups is 1. The smallest absolute Gasteiger partial charge is 0.297 e. The third kappa shape index (κ3) is 8.81. The Morgan fingerprint density at radius 2 is 1.10 bits per heavy atom. The van der Waals surface area contributed by atoms with Gasteiger partial charge in [-0.3, -0.25) is 18.5 Å². The number of nitrogens with two attached hydrogens (primary N) is 1. The van der Waals surface area contributed by atoms with Crippen molar-refractivity contribution in [1.82, 2.24) is 0 Å². The molecule has 0 amide bonds. The van der Waals surface area contributed by atoms with Crippen LogP contribution < -0.4 is 24.7 Å². The van der Waals surface area contributed by atoms with Crippen molar-refractivity contribution in [3.8, 4) is 23.0 Å². The van der Waals surface area contributed by atoms with Crippen LogP contribution in [-0.4, -0.2) is 60.4 Å². The monoisotopic (exact) mass is 728 g/mol. The zero-order valence-electron chi connectivity index (χ0n) is 27.7. The van der Waals surface area contributed by atoms with E-state index in [9.17, 15) is 26.9 Å². The van der Waals surface area contributed by atoms with Gasteiger partial charge in [-0.1, -0.05) is 35.4 Å². The molecule has 2 atom stereocenters. The molecule has 0 aromatic heterocycles. The van der Waals surface area contributed by atoms with E-state index in [2.05, 4.69) is 0 Å². The Bertz CT molecular complexity index is 2090. The normalized spacial score (nSPS) is 16.6. The molecule has 0 saturated carbocycles. The summed E-state index contributed by atoms with van der Waals surface area (Å²) in [4.78, 5) is 10.7. The number of benzene rings is 4. The summed E-state index contributed by atoms with van der Waals surface area (Å²) in [6.07, 6.45) is -1.23. The van der Waals surface area contributed by atoms with Crippen molar-refractivity contribution < 1.29 is 49.1 Å². The van der Waals surface area contributed by atoms with Gasteiger partial charge in [-0.15, -0.1) is 0 Å². The van der Waals surface area contributed by atoms with E-state index in [-0.39, 0.29) is 47.7 Å². The van der Waals surface area contributed by atoms with Gasteiger partial charge in [-0.2, -0.15) is 16.8 Å². The molecule has 0 aliphatic carbocycles. The number of fused-ring (bicyclic) bond motifs is 2. The number of hydrogen-bond donors (Lipinski definition) is 1. The van der Waals surface area contributed by atoms with Crippen LogP contribution in [0.25, 0.3) is 0 Å². The second-order valence-corrected chi connectivity index (χ2v) is 14.9. The zero-order valence-corrected chi connectivity index (χ0v) is 29.3. The molecule has 2 heterocycles. The topological polar surface area (TPSA) is 193 Å². The van der Waals surface area contributed by atoms with Gasteiger partial charge in [0.25, 0.3) is 25.9 Å². The molecule has 2 aliphatic rings. The minimum absolute atomic E-state index is 0.0477. The van der Waals surface area contributed by atoms with Gasteiger partial charge < -0.3 is 24.7 Å². The largest absolute Gasteiger partial charge is 0.486 e. The van der Waals surface area contributed by atoms with Gasteiger partial charge >= 0.3 is 0 Å². The van der Waals surface area contributed by atoms with Gasteiger partial charge in [-0.05, 0) is 69.7 Å². The third-order valence-electron chi connectivity index (χ3n) is 7.67. The van der Waals surface area contributed by atoms with E-state index >= 15 is 0 Å². The van der Waals surface area contributed by atoms with Gasteiger partial charge in [0, 0.05) is 17.3 Å². The fraction of sp³-hybridized carbons (Fsp3) is 0.294.